The minimum absolute atomic E-state index is 0.173. The number of imide groups is 1. The molecule has 7 nitrogen and oxygen atoms in total. The van der Waals surface area contributed by atoms with Crippen LogP contribution >= 0.6 is 11.8 Å². The zero-order valence-corrected chi connectivity index (χ0v) is 12.7. The highest BCUT2D eigenvalue weighted by Gasteiger charge is 2.37. The van der Waals surface area contributed by atoms with Crippen LogP contribution in [0, 0.1) is 0 Å². The fourth-order valence-electron chi connectivity index (χ4n) is 1.43. The van der Waals surface area contributed by atoms with Crippen molar-refractivity contribution in [2.24, 2.45) is 5.73 Å². The van der Waals surface area contributed by atoms with Gasteiger partial charge in [-0.15, -0.1) is 0 Å². The number of thioether (sulfide) groups is 1. The molecule has 128 valence electrons. The molecule has 0 saturated carbocycles. The normalized spacial score (nSPS) is 12.7. The molecule has 4 N–H and O–H groups in total. The number of alkyl halides is 3. The van der Waals surface area contributed by atoms with Crippen molar-refractivity contribution in [3.63, 3.8) is 0 Å². The predicted molar refractivity (Wildman–Crippen MR) is 76.7 cm³/mol. The van der Waals surface area contributed by atoms with Crippen molar-refractivity contribution in [2.45, 2.75) is 25.1 Å². The summed E-state index contributed by atoms with van der Waals surface area (Å²) in [5.41, 5.74) is 5.76. The van der Waals surface area contributed by atoms with Gasteiger partial charge in [-0.2, -0.15) is 30.0 Å². The van der Waals surface area contributed by atoms with Gasteiger partial charge in [-0.25, -0.2) is 0 Å². The van der Waals surface area contributed by atoms with Gasteiger partial charge in [0.25, 0.3) is 5.91 Å². The fourth-order valence-corrected chi connectivity index (χ4v) is 2.30. The third-order valence-electron chi connectivity index (χ3n) is 2.69. The highest BCUT2D eigenvalue weighted by Crippen LogP contribution is 2.19. The highest BCUT2D eigenvalue weighted by atomic mass is 32.2. The van der Waals surface area contributed by atoms with Gasteiger partial charge in [0.05, 0.1) is 23.6 Å². The summed E-state index contributed by atoms with van der Waals surface area (Å²) in [6, 6.07) is -0.968. The molecule has 0 fully saturated rings. The molecule has 11 heteroatoms. The van der Waals surface area contributed by atoms with E-state index in [-0.39, 0.29) is 17.7 Å². The molecule has 1 aromatic heterocycles. The first-order chi connectivity index (χ1) is 10.7. The van der Waals surface area contributed by atoms with Gasteiger partial charge in [-0.1, -0.05) is 0 Å². The Kier molecular flexibility index (Phi) is 7.23. The molecule has 0 unspecified atom stereocenters. The van der Waals surface area contributed by atoms with Crippen LogP contribution in [0.4, 0.5) is 13.2 Å². The first-order valence-corrected chi connectivity index (χ1v) is 7.64. The Bertz CT molecular complexity index is 548. The first kappa shape index (κ1) is 19.2. The summed E-state index contributed by atoms with van der Waals surface area (Å²) in [6.45, 7) is 0. The van der Waals surface area contributed by atoms with Gasteiger partial charge >= 0.3 is 6.18 Å². The van der Waals surface area contributed by atoms with Gasteiger partial charge < -0.3 is 5.73 Å². The number of Topliss-reactive ketones (excluding diaryl/α,β-unsaturated/α-hetero) is 1. The van der Waals surface area contributed by atoms with Crippen molar-refractivity contribution in [1.29, 1.82) is 0 Å². The van der Waals surface area contributed by atoms with E-state index in [1.807, 2.05) is 0 Å². The number of carbonyl (C=O) groups is 3. The number of rotatable bonds is 8. The monoisotopic (exact) mass is 352 g/mol. The maximum Gasteiger partial charge on any atom is 0.450 e. The van der Waals surface area contributed by atoms with Crippen molar-refractivity contribution in [3.05, 3.63) is 18.0 Å². The van der Waals surface area contributed by atoms with Crippen molar-refractivity contribution in [1.82, 2.24) is 15.5 Å². The molecule has 0 aliphatic heterocycles. The minimum Gasteiger partial charge on any atom is -0.320 e. The smallest absolute Gasteiger partial charge is 0.320 e. The molecular weight excluding hydrogens is 337 g/mol. The van der Waals surface area contributed by atoms with Gasteiger partial charge in [-0.05, 0) is 18.6 Å². The van der Waals surface area contributed by atoms with E-state index >= 15 is 0 Å². The van der Waals surface area contributed by atoms with Gasteiger partial charge in [-0.3, -0.25) is 24.8 Å². The fraction of sp³-hybridized carbons (Fsp3) is 0.500. The molecule has 0 aliphatic carbocycles. The molecule has 1 aromatic rings. The van der Waals surface area contributed by atoms with E-state index in [1.54, 1.807) is 0 Å². The van der Waals surface area contributed by atoms with Crippen LogP contribution in [-0.4, -0.2) is 51.5 Å². The van der Waals surface area contributed by atoms with Crippen molar-refractivity contribution < 1.29 is 27.6 Å². The molecule has 1 heterocycles. The highest BCUT2D eigenvalue weighted by molar-refractivity contribution is 7.99. The summed E-state index contributed by atoms with van der Waals surface area (Å²) in [5, 5.41) is 8.06. The third-order valence-corrected chi connectivity index (χ3v) is 3.73. The molecule has 0 radical (unpaired) electrons. The molecular formula is C12H15F3N4O3S. The van der Waals surface area contributed by atoms with E-state index < -0.39 is 35.6 Å². The third kappa shape index (κ3) is 6.82. The number of aromatic nitrogens is 2. The molecule has 1 atom stereocenters. The quantitative estimate of drug-likeness (QED) is 0.591. The average Bonchev–Trinajstić information content (AvgIpc) is 2.99. The van der Waals surface area contributed by atoms with E-state index in [2.05, 4.69) is 15.5 Å². The van der Waals surface area contributed by atoms with Crippen LogP contribution in [-0.2, 0) is 9.59 Å². The molecule has 23 heavy (non-hydrogen) atoms. The van der Waals surface area contributed by atoms with Gasteiger partial charge in [0.15, 0.2) is 0 Å². The zero-order chi connectivity index (χ0) is 17.5. The number of hydrogen-bond donors (Lipinski definition) is 3. The lowest BCUT2D eigenvalue weighted by atomic mass is 10.1. The maximum absolute atomic E-state index is 12.0. The molecule has 1 rings (SSSR count). The summed E-state index contributed by atoms with van der Waals surface area (Å²) in [6.07, 6.45) is -1.76. The van der Waals surface area contributed by atoms with Gasteiger partial charge in [0.2, 0.25) is 11.7 Å². The minimum atomic E-state index is -4.82. The van der Waals surface area contributed by atoms with Crippen LogP contribution in [0.5, 0.6) is 0 Å². The lowest BCUT2D eigenvalue weighted by Gasteiger charge is -2.11. The zero-order valence-electron chi connectivity index (χ0n) is 11.9. The summed E-state index contributed by atoms with van der Waals surface area (Å²) in [5.74, 6) is -3.55. The first-order valence-electron chi connectivity index (χ1n) is 6.49. The Morgan fingerprint density at radius 3 is 2.65 bits per heavy atom. The SMILES string of the molecule is N[C@@H](CCCSCC(=O)C(F)(F)F)C(=O)NC(=O)c1cn[nH]c1. The number of hydrogen-bond acceptors (Lipinski definition) is 6. The summed E-state index contributed by atoms with van der Waals surface area (Å²) in [4.78, 5) is 33.8. The lowest BCUT2D eigenvalue weighted by Crippen LogP contribution is -2.43. The Labute approximate surface area is 133 Å². The van der Waals surface area contributed by atoms with Gasteiger partial charge in [0, 0.05) is 6.20 Å². The molecule has 0 bridgehead atoms. The second-order valence-electron chi connectivity index (χ2n) is 4.53. The van der Waals surface area contributed by atoms with E-state index in [4.69, 9.17) is 5.73 Å². The number of ketones is 1. The van der Waals surface area contributed by atoms with E-state index in [1.165, 1.54) is 12.4 Å². The molecule has 0 aromatic carbocycles. The van der Waals surface area contributed by atoms with Crippen LogP contribution in [0.15, 0.2) is 12.4 Å². The number of carbonyl (C=O) groups excluding carboxylic acids is 3. The Morgan fingerprint density at radius 1 is 1.39 bits per heavy atom. The molecule has 2 amide bonds. The number of nitrogens with two attached hydrogens (primary N) is 1. The topological polar surface area (TPSA) is 118 Å². The summed E-state index contributed by atoms with van der Waals surface area (Å²) >= 11 is 0.818. The lowest BCUT2D eigenvalue weighted by molar-refractivity contribution is -0.167. The number of halogens is 3. The van der Waals surface area contributed by atoms with Crippen LogP contribution in [0.3, 0.4) is 0 Å². The molecule has 0 spiro atoms. The number of amides is 2. The predicted octanol–water partition coefficient (Wildman–Crippen LogP) is 0.638. The number of nitrogens with zero attached hydrogens (tertiary/aromatic N) is 1. The van der Waals surface area contributed by atoms with Crippen LogP contribution in [0.1, 0.15) is 23.2 Å². The van der Waals surface area contributed by atoms with Crippen LogP contribution in [0.25, 0.3) is 0 Å². The standard InChI is InChI=1S/C12H15F3N4O3S/c13-12(14,15)9(20)6-23-3-1-2-8(16)11(22)19-10(21)7-4-17-18-5-7/h4-5,8H,1-3,6,16H2,(H,17,18)(H,19,21,22)/t8-/m0/s1. The number of H-pyrrole nitrogens is 1. The van der Waals surface area contributed by atoms with Crippen LogP contribution in [0.2, 0.25) is 0 Å². The Morgan fingerprint density at radius 2 is 2.09 bits per heavy atom. The van der Waals surface area contributed by atoms with E-state index in [0.717, 1.165) is 11.8 Å². The maximum atomic E-state index is 12.0. The van der Waals surface area contributed by atoms with Crippen molar-refractivity contribution in [2.75, 3.05) is 11.5 Å². The summed E-state index contributed by atoms with van der Waals surface area (Å²) in [7, 11) is 0. The molecule has 0 aliphatic rings. The van der Waals surface area contributed by atoms with E-state index in [9.17, 15) is 27.6 Å². The van der Waals surface area contributed by atoms with Crippen molar-refractivity contribution in [3.8, 4) is 0 Å². The molecule has 0 saturated heterocycles. The summed E-state index contributed by atoms with van der Waals surface area (Å²) < 4.78 is 35.9. The average molecular weight is 352 g/mol. The second kappa shape index (κ2) is 8.67. The van der Waals surface area contributed by atoms with Gasteiger partial charge in [0.1, 0.15) is 0 Å². The van der Waals surface area contributed by atoms with Crippen molar-refractivity contribution >= 4 is 29.4 Å². The largest absolute Gasteiger partial charge is 0.450 e. The van der Waals surface area contributed by atoms with Crippen LogP contribution < -0.4 is 11.1 Å². The Balaban J connectivity index is 2.21. The van der Waals surface area contributed by atoms with E-state index in [0.29, 0.717) is 6.42 Å². The number of nitrogens with one attached hydrogen (secondary N) is 2. The Hall–Kier alpha value is -1.88. The number of aromatic amines is 1. The second-order valence-corrected chi connectivity index (χ2v) is 5.63.